The van der Waals surface area contributed by atoms with Crippen molar-refractivity contribution in [3.63, 3.8) is 0 Å². The molecule has 2 aromatic carbocycles. The summed E-state index contributed by atoms with van der Waals surface area (Å²) in [5.41, 5.74) is 3.42. The predicted molar refractivity (Wildman–Crippen MR) is 136 cm³/mol. The van der Waals surface area contributed by atoms with Crippen molar-refractivity contribution in [2.24, 2.45) is 0 Å². The molecule has 1 N–H and O–H groups in total. The highest BCUT2D eigenvalue weighted by Crippen LogP contribution is 2.18. The molecule has 0 aliphatic heterocycles. The number of aromatic nitrogens is 2. The minimum atomic E-state index is -0.295. The Morgan fingerprint density at radius 2 is 1.74 bits per heavy atom. The zero-order chi connectivity index (χ0) is 24.1. The van der Waals surface area contributed by atoms with E-state index in [1.165, 1.54) is 23.8 Å². The van der Waals surface area contributed by atoms with E-state index in [0.29, 0.717) is 49.3 Å². The summed E-state index contributed by atoms with van der Waals surface area (Å²) in [5, 5.41) is 3.68. The second-order valence-corrected chi connectivity index (χ2v) is 9.63. The Balaban J connectivity index is 1.51. The molecule has 0 saturated heterocycles. The average molecular weight is 462 g/mol. The smallest absolute Gasteiger partial charge is 0.331 e. The van der Waals surface area contributed by atoms with Gasteiger partial charge in [0, 0.05) is 19.0 Å². The number of unbranched alkanes of at least 4 members (excludes halogenated alkanes) is 1. The Morgan fingerprint density at radius 1 is 0.971 bits per heavy atom. The topological polar surface area (TPSA) is 73.1 Å². The number of nitrogens with zero attached hydrogens (tertiary/aromatic N) is 2. The third-order valence-corrected chi connectivity index (χ3v) is 6.97. The summed E-state index contributed by atoms with van der Waals surface area (Å²) in [4.78, 5) is 38.9. The van der Waals surface area contributed by atoms with Crippen LogP contribution in [0.5, 0.6) is 0 Å². The quantitative estimate of drug-likeness (QED) is 0.504. The number of nitrogens with one attached hydrogen (secondary N) is 1. The average Bonchev–Trinajstić information content (AvgIpc) is 2.84. The summed E-state index contributed by atoms with van der Waals surface area (Å²) in [7, 11) is 0. The van der Waals surface area contributed by atoms with Crippen molar-refractivity contribution in [1.29, 1.82) is 0 Å². The van der Waals surface area contributed by atoms with E-state index in [-0.39, 0.29) is 17.2 Å². The first-order valence-corrected chi connectivity index (χ1v) is 12.5. The lowest BCUT2D eigenvalue weighted by Gasteiger charge is -2.22. The number of para-hydroxylation sites is 1. The van der Waals surface area contributed by atoms with Crippen LogP contribution in [0.3, 0.4) is 0 Å². The number of hydrogen-bond acceptors (Lipinski definition) is 3. The summed E-state index contributed by atoms with van der Waals surface area (Å²) >= 11 is 0. The summed E-state index contributed by atoms with van der Waals surface area (Å²) in [6, 6.07) is 13.8. The number of aryl methyl sites for hydroxylation is 2. The molecule has 1 saturated carbocycles. The van der Waals surface area contributed by atoms with Gasteiger partial charge in [0.2, 0.25) is 5.91 Å². The minimum Gasteiger partial charge on any atom is -0.353 e. The zero-order valence-corrected chi connectivity index (χ0v) is 20.3. The number of carbonyl (C=O) groups excluding carboxylic acids is 1. The van der Waals surface area contributed by atoms with E-state index in [0.717, 1.165) is 29.5 Å². The SMILES string of the molecule is Cc1ccc(C)c(Cn2c(=O)n(CCCCC(=O)NC3CCCCC3)c(=O)c3ccccc32)c1. The van der Waals surface area contributed by atoms with E-state index in [9.17, 15) is 14.4 Å². The number of rotatable bonds is 8. The van der Waals surface area contributed by atoms with Crippen molar-refractivity contribution in [3.8, 4) is 0 Å². The Bertz CT molecular complexity index is 1280. The van der Waals surface area contributed by atoms with Crippen LogP contribution >= 0.6 is 0 Å². The monoisotopic (exact) mass is 461 g/mol. The fourth-order valence-electron chi connectivity index (χ4n) is 4.96. The van der Waals surface area contributed by atoms with Crippen LogP contribution in [0.1, 0.15) is 68.1 Å². The van der Waals surface area contributed by atoms with Crippen LogP contribution in [0.4, 0.5) is 0 Å². The van der Waals surface area contributed by atoms with Crippen molar-refractivity contribution in [1.82, 2.24) is 14.5 Å². The molecule has 1 amide bonds. The van der Waals surface area contributed by atoms with Gasteiger partial charge in [0.1, 0.15) is 0 Å². The highest BCUT2D eigenvalue weighted by Gasteiger charge is 2.16. The van der Waals surface area contributed by atoms with Crippen LogP contribution in [0.2, 0.25) is 0 Å². The Kier molecular flexibility index (Phi) is 7.66. The van der Waals surface area contributed by atoms with Gasteiger partial charge in [-0.05, 0) is 62.8 Å². The molecule has 6 nitrogen and oxygen atoms in total. The first-order valence-electron chi connectivity index (χ1n) is 12.5. The van der Waals surface area contributed by atoms with Gasteiger partial charge < -0.3 is 5.32 Å². The van der Waals surface area contributed by atoms with E-state index in [1.54, 1.807) is 10.6 Å². The van der Waals surface area contributed by atoms with Gasteiger partial charge in [-0.15, -0.1) is 0 Å². The molecule has 180 valence electrons. The maximum atomic E-state index is 13.4. The van der Waals surface area contributed by atoms with Crippen molar-refractivity contribution in [3.05, 3.63) is 80.0 Å². The van der Waals surface area contributed by atoms with Gasteiger partial charge in [-0.25, -0.2) is 4.79 Å². The lowest BCUT2D eigenvalue weighted by atomic mass is 9.95. The van der Waals surface area contributed by atoms with Crippen LogP contribution in [-0.4, -0.2) is 21.1 Å². The standard InChI is InChI=1S/C28H35N3O3/c1-20-15-16-21(2)22(18-20)19-31-25-13-7-6-12-24(25)27(33)30(28(31)34)17-9-8-14-26(32)29-23-10-4-3-5-11-23/h6-7,12-13,15-16,18,23H,3-5,8-11,14,17,19H2,1-2H3,(H,29,32). The molecule has 6 heteroatoms. The summed E-state index contributed by atoms with van der Waals surface area (Å²) < 4.78 is 3.04. The highest BCUT2D eigenvalue weighted by molar-refractivity contribution is 5.78. The molecular formula is C28H35N3O3. The lowest BCUT2D eigenvalue weighted by molar-refractivity contribution is -0.122. The zero-order valence-electron chi connectivity index (χ0n) is 20.3. The fraction of sp³-hybridized carbons (Fsp3) is 0.464. The third-order valence-electron chi connectivity index (χ3n) is 6.97. The first kappa shape index (κ1) is 24.0. The van der Waals surface area contributed by atoms with Gasteiger partial charge in [-0.3, -0.25) is 18.7 Å². The third kappa shape index (κ3) is 5.49. The summed E-state index contributed by atoms with van der Waals surface area (Å²) in [6.45, 7) is 4.80. The number of benzene rings is 2. The Labute approximate surface area is 200 Å². The van der Waals surface area contributed by atoms with Crippen LogP contribution < -0.4 is 16.6 Å². The summed E-state index contributed by atoms with van der Waals surface area (Å²) in [6.07, 6.45) is 7.44. The second kappa shape index (κ2) is 10.9. The van der Waals surface area contributed by atoms with Gasteiger partial charge in [0.15, 0.2) is 0 Å². The molecule has 1 heterocycles. The molecule has 0 bridgehead atoms. The van der Waals surface area contributed by atoms with E-state index in [1.807, 2.05) is 32.0 Å². The summed E-state index contributed by atoms with van der Waals surface area (Å²) in [5.74, 6) is 0.0742. The van der Waals surface area contributed by atoms with Gasteiger partial charge in [-0.2, -0.15) is 0 Å². The minimum absolute atomic E-state index is 0.0742. The van der Waals surface area contributed by atoms with Crippen molar-refractivity contribution in [2.45, 2.75) is 84.3 Å². The molecular weight excluding hydrogens is 426 g/mol. The van der Waals surface area contributed by atoms with Gasteiger partial charge in [-0.1, -0.05) is 55.2 Å². The molecule has 0 atom stereocenters. The normalized spacial score (nSPS) is 14.4. The maximum Gasteiger partial charge on any atom is 0.331 e. The fourth-order valence-corrected chi connectivity index (χ4v) is 4.96. The van der Waals surface area contributed by atoms with E-state index < -0.39 is 0 Å². The number of fused-ring (bicyclic) bond motifs is 1. The molecule has 1 aliphatic carbocycles. The largest absolute Gasteiger partial charge is 0.353 e. The Hall–Kier alpha value is -3.15. The molecule has 0 spiro atoms. The molecule has 0 radical (unpaired) electrons. The number of carbonyl (C=O) groups is 1. The van der Waals surface area contributed by atoms with Gasteiger partial charge in [0.25, 0.3) is 5.56 Å². The molecule has 3 aromatic rings. The molecule has 0 unspecified atom stereocenters. The van der Waals surface area contributed by atoms with Crippen LogP contribution in [0.25, 0.3) is 10.9 Å². The maximum absolute atomic E-state index is 13.4. The van der Waals surface area contributed by atoms with Crippen molar-refractivity contribution in [2.75, 3.05) is 0 Å². The van der Waals surface area contributed by atoms with Crippen LogP contribution in [-0.2, 0) is 17.9 Å². The molecule has 34 heavy (non-hydrogen) atoms. The van der Waals surface area contributed by atoms with Gasteiger partial charge in [0.05, 0.1) is 17.4 Å². The molecule has 1 aromatic heterocycles. The lowest BCUT2D eigenvalue weighted by Crippen LogP contribution is -2.40. The number of amides is 1. The first-order chi connectivity index (χ1) is 16.4. The van der Waals surface area contributed by atoms with E-state index in [4.69, 9.17) is 0 Å². The molecule has 1 fully saturated rings. The van der Waals surface area contributed by atoms with Gasteiger partial charge >= 0.3 is 5.69 Å². The molecule has 1 aliphatic rings. The number of hydrogen-bond donors (Lipinski definition) is 1. The van der Waals surface area contributed by atoms with Crippen molar-refractivity contribution < 1.29 is 4.79 Å². The Morgan fingerprint density at radius 3 is 2.53 bits per heavy atom. The van der Waals surface area contributed by atoms with Crippen LogP contribution in [0, 0.1) is 13.8 Å². The van der Waals surface area contributed by atoms with Crippen LogP contribution in [0.15, 0.2) is 52.1 Å². The van der Waals surface area contributed by atoms with E-state index in [2.05, 4.69) is 23.5 Å². The highest BCUT2D eigenvalue weighted by atomic mass is 16.2. The predicted octanol–water partition coefficient (Wildman–Crippen LogP) is 4.45. The van der Waals surface area contributed by atoms with Crippen molar-refractivity contribution >= 4 is 16.8 Å². The van der Waals surface area contributed by atoms with E-state index >= 15 is 0 Å². The molecule has 4 rings (SSSR count). The second-order valence-electron chi connectivity index (χ2n) is 9.63.